The van der Waals surface area contributed by atoms with Gasteiger partial charge < -0.3 is 10.5 Å². The number of rotatable bonds is 3. The molecule has 3 nitrogen and oxygen atoms in total. The molecule has 0 aliphatic carbocycles. The highest BCUT2D eigenvalue weighted by Crippen LogP contribution is 2.31. The van der Waals surface area contributed by atoms with Gasteiger partial charge >= 0.3 is 0 Å². The van der Waals surface area contributed by atoms with Crippen LogP contribution in [-0.4, -0.2) is 36.7 Å². The molecule has 0 amide bonds. The van der Waals surface area contributed by atoms with Crippen LogP contribution in [0.4, 0.5) is 0 Å². The van der Waals surface area contributed by atoms with Gasteiger partial charge in [-0.1, -0.05) is 29.8 Å². The highest BCUT2D eigenvalue weighted by molar-refractivity contribution is 6.31. The first kappa shape index (κ1) is 13.8. The van der Waals surface area contributed by atoms with Gasteiger partial charge in [0.25, 0.3) is 0 Å². The Hall–Kier alpha value is -0.610. The number of nitrogens with two attached hydrogens (primary N) is 1. The summed E-state index contributed by atoms with van der Waals surface area (Å²) >= 11 is 6.32. The third-order valence-electron chi connectivity index (χ3n) is 3.50. The molecule has 0 spiro atoms. The molecule has 1 saturated heterocycles. The summed E-state index contributed by atoms with van der Waals surface area (Å²) in [6.07, 6.45) is 0. The van der Waals surface area contributed by atoms with Crippen molar-refractivity contribution in [3.05, 3.63) is 34.9 Å². The topological polar surface area (TPSA) is 38.5 Å². The molecule has 2 rings (SSSR count). The largest absolute Gasteiger partial charge is 0.379 e. The number of ether oxygens (including phenoxy) is 1. The van der Waals surface area contributed by atoms with Gasteiger partial charge in [0.15, 0.2) is 0 Å². The number of hydrogen-bond donors (Lipinski definition) is 1. The highest BCUT2D eigenvalue weighted by atomic mass is 35.5. The summed E-state index contributed by atoms with van der Waals surface area (Å²) in [5.41, 5.74) is 7.30. The molecule has 2 N–H and O–H groups in total. The fraction of sp³-hybridized carbons (Fsp3) is 0.571. The minimum Gasteiger partial charge on any atom is -0.379 e. The summed E-state index contributed by atoms with van der Waals surface area (Å²) in [6, 6.07) is 8.51. The maximum absolute atomic E-state index is 6.32. The Balaban J connectivity index is 2.31. The average molecular weight is 269 g/mol. The summed E-state index contributed by atoms with van der Waals surface area (Å²) in [6.45, 7) is 6.63. The predicted octanol–water partition coefficient (Wildman–Crippen LogP) is 2.45. The Morgan fingerprint density at radius 1 is 1.44 bits per heavy atom. The van der Waals surface area contributed by atoms with E-state index in [1.165, 1.54) is 0 Å². The Morgan fingerprint density at radius 3 is 2.78 bits per heavy atom. The van der Waals surface area contributed by atoms with Crippen molar-refractivity contribution in [1.29, 1.82) is 0 Å². The van der Waals surface area contributed by atoms with Crippen LogP contribution in [0.25, 0.3) is 0 Å². The van der Waals surface area contributed by atoms with E-state index < -0.39 is 0 Å². The lowest BCUT2D eigenvalue weighted by Gasteiger charge is -2.41. The van der Waals surface area contributed by atoms with E-state index in [9.17, 15) is 0 Å². The highest BCUT2D eigenvalue weighted by Gasteiger charge is 2.31. The van der Waals surface area contributed by atoms with Gasteiger partial charge in [-0.05, 0) is 25.5 Å². The summed E-state index contributed by atoms with van der Waals surface area (Å²) in [4.78, 5) is 2.40. The summed E-state index contributed by atoms with van der Waals surface area (Å²) < 4.78 is 5.49. The van der Waals surface area contributed by atoms with E-state index in [1.54, 1.807) is 0 Å². The normalized spacial score (nSPS) is 24.8. The first-order chi connectivity index (χ1) is 8.61. The SMILES string of the molecule is CC(N)C(c1ccccc1Cl)N1CCOCC1C. The standard InChI is InChI=1S/C14H21ClN2O/c1-10-9-18-8-7-17(10)14(11(2)16)12-5-3-4-6-13(12)15/h3-6,10-11,14H,7-9,16H2,1-2H3. The summed E-state index contributed by atoms with van der Waals surface area (Å²) in [5.74, 6) is 0. The lowest BCUT2D eigenvalue weighted by molar-refractivity contribution is -0.0268. The summed E-state index contributed by atoms with van der Waals surface area (Å²) in [5, 5.41) is 0.790. The molecule has 1 aromatic carbocycles. The fourth-order valence-corrected chi connectivity index (χ4v) is 2.88. The lowest BCUT2D eigenvalue weighted by atomic mass is 9.97. The van der Waals surface area contributed by atoms with Crippen molar-refractivity contribution in [2.45, 2.75) is 32.0 Å². The Kier molecular flexibility index (Phi) is 4.62. The van der Waals surface area contributed by atoms with Crippen molar-refractivity contribution in [1.82, 2.24) is 4.90 Å². The van der Waals surface area contributed by atoms with Crippen LogP contribution in [0.2, 0.25) is 5.02 Å². The fourth-order valence-electron chi connectivity index (χ4n) is 2.63. The molecular formula is C14H21ClN2O. The van der Waals surface area contributed by atoms with Crippen LogP contribution in [-0.2, 0) is 4.74 Å². The maximum Gasteiger partial charge on any atom is 0.0620 e. The van der Waals surface area contributed by atoms with Crippen molar-refractivity contribution in [2.75, 3.05) is 19.8 Å². The molecule has 0 radical (unpaired) electrons. The second-order valence-corrected chi connectivity index (χ2v) is 5.39. The molecule has 0 aromatic heterocycles. The molecule has 1 aliphatic heterocycles. The van der Waals surface area contributed by atoms with Crippen LogP contribution in [0.1, 0.15) is 25.5 Å². The van der Waals surface area contributed by atoms with Gasteiger partial charge in [0.1, 0.15) is 0 Å². The zero-order valence-corrected chi connectivity index (χ0v) is 11.7. The smallest absolute Gasteiger partial charge is 0.0620 e. The minimum atomic E-state index is 0.0328. The van der Waals surface area contributed by atoms with Crippen LogP contribution >= 0.6 is 11.6 Å². The van der Waals surface area contributed by atoms with E-state index in [1.807, 2.05) is 25.1 Å². The van der Waals surface area contributed by atoms with Crippen molar-refractivity contribution in [3.8, 4) is 0 Å². The zero-order valence-electron chi connectivity index (χ0n) is 11.0. The third-order valence-corrected chi connectivity index (χ3v) is 3.84. The molecule has 1 fully saturated rings. The number of benzene rings is 1. The second-order valence-electron chi connectivity index (χ2n) is 4.99. The van der Waals surface area contributed by atoms with Crippen LogP contribution < -0.4 is 5.73 Å². The van der Waals surface area contributed by atoms with E-state index in [2.05, 4.69) is 17.9 Å². The number of hydrogen-bond acceptors (Lipinski definition) is 3. The molecule has 0 bridgehead atoms. The van der Waals surface area contributed by atoms with Gasteiger partial charge in [-0.2, -0.15) is 0 Å². The van der Waals surface area contributed by atoms with Crippen molar-refractivity contribution in [2.24, 2.45) is 5.73 Å². The lowest BCUT2D eigenvalue weighted by Crippen LogP contribution is -2.50. The summed E-state index contributed by atoms with van der Waals surface area (Å²) in [7, 11) is 0. The molecule has 3 atom stereocenters. The minimum absolute atomic E-state index is 0.0328. The Bertz CT molecular complexity index is 397. The molecule has 4 heteroatoms. The Morgan fingerprint density at radius 2 is 2.17 bits per heavy atom. The molecular weight excluding hydrogens is 248 g/mol. The first-order valence-electron chi connectivity index (χ1n) is 6.44. The predicted molar refractivity (Wildman–Crippen MR) is 74.8 cm³/mol. The van der Waals surface area contributed by atoms with Gasteiger partial charge in [0, 0.05) is 23.7 Å². The van der Waals surface area contributed by atoms with Crippen LogP contribution in [0.15, 0.2) is 24.3 Å². The first-order valence-corrected chi connectivity index (χ1v) is 6.82. The van der Waals surface area contributed by atoms with Crippen molar-refractivity contribution >= 4 is 11.6 Å². The van der Waals surface area contributed by atoms with E-state index in [0.717, 1.165) is 30.3 Å². The van der Waals surface area contributed by atoms with Gasteiger partial charge in [-0.3, -0.25) is 4.90 Å². The average Bonchev–Trinajstić information content (AvgIpc) is 2.34. The molecule has 1 aromatic rings. The monoisotopic (exact) mass is 268 g/mol. The molecule has 3 unspecified atom stereocenters. The van der Waals surface area contributed by atoms with Gasteiger partial charge in [-0.25, -0.2) is 0 Å². The molecule has 100 valence electrons. The quantitative estimate of drug-likeness (QED) is 0.915. The van der Waals surface area contributed by atoms with Crippen molar-refractivity contribution < 1.29 is 4.74 Å². The van der Waals surface area contributed by atoms with E-state index in [4.69, 9.17) is 22.1 Å². The number of nitrogens with zero attached hydrogens (tertiary/aromatic N) is 1. The van der Waals surface area contributed by atoms with Crippen molar-refractivity contribution in [3.63, 3.8) is 0 Å². The third kappa shape index (κ3) is 2.86. The van der Waals surface area contributed by atoms with Crippen LogP contribution in [0.5, 0.6) is 0 Å². The van der Waals surface area contributed by atoms with E-state index >= 15 is 0 Å². The number of halogens is 1. The van der Waals surface area contributed by atoms with Crippen LogP contribution in [0.3, 0.4) is 0 Å². The van der Waals surface area contributed by atoms with Gasteiger partial charge in [0.05, 0.1) is 19.3 Å². The number of morpholine rings is 1. The van der Waals surface area contributed by atoms with Crippen LogP contribution in [0, 0.1) is 0 Å². The Labute approximate surface area is 114 Å². The molecule has 1 aliphatic rings. The van der Waals surface area contributed by atoms with E-state index in [0.29, 0.717) is 6.04 Å². The van der Waals surface area contributed by atoms with E-state index in [-0.39, 0.29) is 12.1 Å². The molecule has 18 heavy (non-hydrogen) atoms. The maximum atomic E-state index is 6.32. The molecule has 0 saturated carbocycles. The van der Waals surface area contributed by atoms with Gasteiger partial charge in [-0.15, -0.1) is 0 Å². The second kappa shape index (κ2) is 6.02. The molecule has 1 heterocycles. The van der Waals surface area contributed by atoms with Gasteiger partial charge in [0.2, 0.25) is 0 Å². The zero-order chi connectivity index (χ0) is 13.1.